The predicted octanol–water partition coefficient (Wildman–Crippen LogP) is 2.79. The number of rotatable bonds is 4. The van der Waals surface area contributed by atoms with Crippen molar-refractivity contribution in [1.29, 1.82) is 0 Å². The molecule has 21 heavy (non-hydrogen) atoms. The van der Waals surface area contributed by atoms with Crippen molar-refractivity contribution in [2.75, 3.05) is 5.32 Å². The maximum Gasteiger partial charge on any atom is 0.310 e. The van der Waals surface area contributed by atoms with Crippen LogP contribution >= 0.6 is 0 Å². The molecule has 0 bridgehead atoms. The molecule has 0 spiro atoms. The minimum Gasteiger partial charge on any atom is -0.320 e. The molecular formula is C15H15N3O3. The van der Waals surface area contributed by atoms with Crippen LogP contribution < -0.4 is 5.32 Å². The van der Waals surface area contributed by atoms with Gasteiger partial charge in [0.1, 0.15) is 11.9 Å². The van der Waals surface area contributed by atoms with Crippen molar-refractivity contribution in [1.82, 2.24) is 4.98 Å². The minimum atomic E-state index is -0.569. The van der Waals surface area contributed by atoms with E-state index in [0.29, 0.717) is 0 Å². The van der Waals surface area contributed by atoms with E-state index in [4.69, 9.17) is 0 Å². The lowest BCUT2D eigenvalue weighted by atomic mass is 10.0. The Bertz CT molecular complexity index is 698. The fourth-order valence-corrected chi connectivity index (χ4v) is 2.00. The standard InChI is InChI=1S/C15H15N3O3/c1-10-3-4-11(2)12(7-10)8-15(19)17-13-5-6-16-9-14(13)18(20)21/h3-7,9H,8H2,1-2H3,(H,16,17,19). The van der Waals surface area contributed by atoms with Crippen LogP contribution in [0.2, 0.25) is 0 Å². The molecule has 1 amide bonds. The summed E-state index contributed by atoms with van der Waals surface area (Å²) in [5, 5.41) is 13.4. The highest BCUT2D eigenvalue weighted by molar-refractivity contribution is 5.94. The van der Waals surface area contributed by atoms with Gasteiger partial charge in [-0.3, -0.25) is 19.9 Å². The third-order valence-electron chi connectivity index (χ3n) is 3.13. The van der Waals surface area contributed by atoms with Crippen molar-refractivity contribution in [2.24, 2.45) is 0 Å². The number of aryl methyl sites for hydroxylation is 2. The van der Waals surface area contributed by atoms with Gasteiger partial charge in [0.05, 0.1) is 11.3 Å². The maximum atomic E-state index is 12.1. The monoisotopic (exact) mass is 285 g/mol. The van der Waals surface area contributed by atoms with Crippen molar-refractivity contribution in [3.05, 3.63) is 63.5 Å². The van der Waals surface area contributed by atoms with Gasteiger partial charge < -0.3 is 5.32 Å². The van der Waals surface area contributed by atoms with Crippen LogP contribution in [-0.2, 0) is 11.2 Å². The van der Waals surface area contributed by atoms with E-state index < -0.39 is 4.92 Å². The highest BCUT2D eigenvalue weighted by Gasteiger charge is 2.16. The number of hydrogen-bond acceptors (Lipinski definition) is 4. The average molecular weight is 285 g/mol. The summed E-state index contributed by atoms with van der Waals surface area (Å²) in [7, 11) is 0. The molecule has 6 heteroatoms. The number of anilines is 1. The van der Waals surface area contributed by atoms with E-state index in [0.717, 1.165) is 22.9 Å². The van der Waals surface area contributed by atoms with Crippen LogP contribution in [0.1, 0.15) is 16.7 Å². The molecule has 0 unspecified atom stereocenters. The first-order valence-electron chi connectivity index (χ1n) is 6.42. The molecule has 0 saturated carbocycles. The van der Waals surface area contributed by atoms with Gasteiger partial charge in [-0.05, 0) is 31.0 Å². The lowest BCUT2D eigenvalue weighted by molar-refractivity contribution is -0.384. The molecule has 6 nitrogen and oxygen atoms in total. The van der Waals surface area contributed by atoms with Crippen LogP contribution in [0.25, 0.3) is 0 Å². The Morgan fingerprint density at radius 3 is 2.81 bits per heavy atom. The van der Waals surface area contributed by atoms with E-state index in [1.54, 1.807) is 0 Å². The molecule has 2 rings (SSSR count). The summed E-state index contributed by atoms with van der Waals surface area (Å²) >= 11 is 0. The average Bonchev–Trinajstić information content (AvgIpc) is 2.43. The Morgan fingerprint density at radius 1 is 1.33 bits per heavy atom. The van der Waals surface area contributed by atoms with Crippen LogP contribution in [0, 0.1) is 24.0 Å². The molecule has 0 aliphatic rings. The maximum absolute atomic E-state index is 12.1. The molecule has 108 valence electrons. The smallest absolute Gasteiger partial charge is 0.310 e. The van der Waals surface area contributed by atoms with Crippen molar-refractivity contribution in [2.45, 2.75) is 20.3 Å². The number of nitrogens with zero attached hydrogens (tertiary/aromatic N) is 2. The highest BCUT2D eigenvalue weighted by atomic mass is 16.6. The molecule has 1 heterocycles. The minimum absolute atomic E-state index is 0.158. The van der Waals surface area contributed by atoms with Crippen LogP contribution in [0.15, 0.2) is 36.7 Å². The Kier molecular flexibility index (Phi) is 4.27. The predicted molar refractivity (Wildman–Crippen MR) is 79.1 cm³/mol. The Hall–Kier alpha value is -2.76. The molecule has 1 N–H and O–H groups in total. The summed E-state index contributed by atoms with van der Waals surface area (Å²) in [6, 6.07) is 7.28. The summed E-state index contributed by atoms with van der Waals surface area (Å²) in [5.74, 6) is -0.294. The third-order valence-corrected chi connectivity index (χ3v) is 3.13. The van der Waals surface area contributed by atoms with Gasteiger partial charge in [-0.1, -0.05) is 23.8 Å². The van der Waals surface area contributed by atoms with Crippen molar-refractivity contribution < 1.29 is 9.72 Å². The molecule has 1 aromatic heterocycles. The summed E-state index contributed by atoms with van der Waals surface area (Å²) < 4.78 is 0. The molecule has 1 aromatic carbocycles. The molecule has 2 aromatic rings. The zero-order valence-corrected chi connectivity index (χ0v) is 11.8. The summed E-state index contributed by atoms with van der Waals surface area (Å²) in [6.07, 6.45) is 2.70. The van der Waals surface area contributed by atoms with E-state index in [-0.39, 0.29) is 23.7 Å². The lowest BCUT2D eigenvalue weighted by Crippen LogP contribution is -2.16. The second-order valence-corrected chi connectivity index (χ2v) is 4.80. The van der Waals surface area contributed by atoms with E-state index in [1.807, 2.05) is 32.0 Å². The highest BCUT2D eigenvalue weighted by Crippen LogP contribution is 2.22. The van der Waals surface area contributed by atoms with E-state index in [9.17, 15) is 14.9 Å². The van der Waals surface area contributed by atoms with Crippen LogP contribution in [-0.4, -0.2) is 15.8 Å². The fraction of sp³-hybridized carbons (Fsp3) is 0.200. The molecule has 0 aliphatic carbocycles. The van der Waals surface area contributed by atoms with Gasteiger partial charge in [0.2, 0.25) is 5.91 Å². The molecule has 0 atom stereocenters. The molecule has 0 aliphatic heterocycles. The third kappa shape index (κ3) is 3.62. The van der Waals surface area contributed by atoms with Gasteiger partial charge in [-0.25, -0.2) is 0 Å². The molecule has 0 fully saturated rings. The Balaban J connectivity index is 2.16. The van der Waals surface area contributed by atoms with E-state index in [1.165, 1.54) is 12.3 Å². The van der Waals surface area contributed by atoms with Crippen molar-refractivity contribution in [3.8, 4) is 0 Å². The van der Waals surface area contributed by atoms with Gasteiger partial charge in [0, 0.05) is 6.20 Å². The zero-order valence-electron chi connectivity index (χ0n) is 11.8. The second kappa shape index (κ2) is 6.13. The van der Waals surface area contributed by atoms with E-state index in [2.05, 4.69) is 10.3 Å². The topological polar surface area (TPSA) is 85.1 Å². The van der Waals surface area contributed by atoms with Crippen molar-refractivity contribution >= 4 is 17.3 Å². The second-order valence-electron chi connectivity index (χ2n) is 4.80. The number of hydrogen-bond donors (Lipinski definition) is 1. The van der Waals surface area contributed by atoms with Gasteiger partial charge in [-0.2, -0.15) is 0 Å². The number of nitrogens with one attached hydrogen (secondary N) is 1. The summed E-state index contributed by atoms with van der Waals surface area (Å²) in [4.78, 5) is 26.1. The number of nitro groups is 1. The molecule has 0 radical (unpaired) electrons. The first kappa shape index (κ1) is 14.6. The largest absolute Gasteiger partial charge is 0.320 e. The number of aromatic nitrogens is 1. The number of carbonyl (C=O) groups excluding carboxylic acids is 1. The summed E-state index contributed by atoms with van der Waals surface area (Å²) in [5.41, 5.74) is 2.93. The first-order chi connectivity index (χ1) is 9.97. The molecular weight excluding hydrogens is 270 g/mol. The quantitative estimate of drug-likeness (QED) is 0.691. The van der Waals surface area contributed by atoms with Crippen LogP contribution in [0.4, 0.5) is 11.4 Å². The van der Waals surface area contributed by atoms with Crippen LogP contribution in [0.3, 0.4) is 0 Å². The first-order valence-corrected chi connectivity index (χ1v) is 6.42. The van der Waals surface area contributed by atoms with Gasteiger partial charge in [-0.15, -0.1) is 0 Å². The van der Waals surface area contributed by atoms with Gasteiger partial charge in [0.25, 0.3) is 0 Å². The normalized spacial score (nSPS) is 10.2. The Labute approximate surface area is 122 Å². The number of carbonyl (C=O) groups is 1. The van der Waals surface area contributed by atoms with E-state index >= 15 is 0 Å². The SMILES string of the molecule is Cc1ccc(C)c(CC(=O)Nc2ccncc2[N+](=O)[O-])c1. The lowest BCUT2D eigenvalue weighted by Gasteiger charge is -2.08. The van der Waals surface area contributed by atoms with Crippen LogP contribution in [0.5, 0.6) is 0 Å². The zero-order chi connectivity index (χ0) is 15.4. The number of benzene rings is 1. The van der Waals surface area contributed by atoms with Crippen molar-refractivity contribution in [3.63, 3.8) is 0 Å². The van der Waals surface area contributed by atoms with Gasteiger partial charge >= 0.3 is 5.69 Å². The number of amides is 1. The number of pyridine rings is 1. The van der Waals surface area contributed by atoms with Gasteiger partial charge in [0.15, 0.2) is 0 Å². The fourth-order valence-electron chi connectivity index (χ4n) is 2.00. The molecule has 0 saturated heterocycles. The Morgan fingerprint density at radius 2 is 2.10 bits per heavy atom. The summed E-state index contributed by atoms with van der Waals surface area (Å²) in [6.45, 7) is 3.88.